The van der Waals surface area contributed by atoms with Gasteiger partial charge in [-0.1, -0.05) is 23.7 Å². The minimum absolute atomic E-state index is 0.0761. The van der Waals surface area contributed by atoms with Crippen LogP contribution in [0.5, 0.6) is 0 Å². The highest BCUT2D eigenvalue weighted by Crippen LogP contribution is 2.65. The Morgan fingerprint density at radius 3 is 2.28 bits per heavy atom. The molecule has 1 saturated carbocycles. The van der Waals surface area contributed by atoms with Crippen LogP contribution in [0.4, 0.5) is 37.7 Å². The van der Waals surface area contributed by atoms with Gasteiger partial charge in [0.1, 0.15) is 28.3 Å². The van der Waals surface area contributed by atoms with E-state index in [0.29, 0.717) is 11.6 Å². The van der Waals surface area contributed by atoms with Gasteiger partial charge in [0.25, 0.3) is 5.91 Å². The van der Waals surface area contributed by atoms with Gasteiger partial charge in [-0.05, 0) is 63.5 Å². The third-order valence-electron chi connectivity index (χ3n) is 6.33. The van der Waals surface area contributed by atoms with Crippen molar-refractivity contribution in [1.29, 1.82) is 0 Å². The first-order chi connectivity index (χ1) is 20.0. The van der Waals surface area contributed by atoms with Gasteiger partial charge < -0.3 is 10.6 Å². The van der Waals surface area contributed by atoms with Gasteiger partial charge in [0.15, 0.2) is 11.6 Å². The van der Waals surface area contributed by atoms with Crippen molar-refractivity contribution in [2.24, 2.45) is 5.92 Å². The molecule has 3 aromatic rings. The summed E-state index contributed by atoms with van der Waals surface area (Å²) in [4.78, 5) is 37.7. The van der Waals surface area contributed by atoms with Crippen LogP contribution in [-0.2, 0) is 20.7 Å². The van der Waals surface area contributed by atoms with Gasteiger partial charge in [-0.2, -0.15) is 0 Å². The van der Waals surface area contributed by atoms with E-state index in [1.165, 1.54) is 36.4 Å². The normalized spacial score (nSPS) is 17.3. The summed E-state index contributed by atoms with van der Waals surface area (Å²) in [6, 6.07) is 9.57. The van der Waals surface area contributed by atoms with E-state index in [2.05, 4.69) is 26.0 Å². The molecule has 0 heterocycles. The molecule has 2 amide bonds. The number of ketones is 1. The molecule has 4 rings (SSSR count). The van der Waals surface area contributed by atoms with Crippen LogP contribution in [0.25, 0.3) is 0 Å². The van der Waals surface area contributed by atoms with Crippen LogP contribution < -0.4 is 10.6 Å². The molecule has 1 aliphatic rings. The van der Waals surface area contributed by atoms with Crippen molar-refractivity contribution in [2.75, 3.05) is 17.2 Å². The molecule has 1 aliphatic carbocycles. The van der Waals surface area contributed by atoms with E-state index >= 15 is 0 Å². The highest BCUT2D eigenvalue weighted by Gasteiger charge is 2.67. The predicted molar refractivity (Wildman–Crippen MR) is 150 cm³/mol. The van der Waals surface area contributed by atoms with Gasteiger partial charge in [0.05, 0.1) is 15.4 Å². The van der Waals surface area contributed by atoms with E-state index in [4.69, 9.17) is 34.8 Å². The second kappa shape index (κ2) is 12.6. The molecular formula is C27H16BrCl3F6N2O4. The zero-order valence-corrected chi connectivity index (χ0v) is 25.0. The number of amides is 2. The number of nitrogens with one attached hydrogen (secondary N) is 2. The lowest BCUT2D eigenvalue weighted by atomic mass is 10.0. The van der Waals surface area contributed by atoms with Gasteiger partial charge in [-0.15, -0.1) is 36.4 Å². The number of carbonyl (C=O) groups excluding carboxylic acids is 3. The molecule has 2 N–H and O–H groups in total. The second-order valence-corrected chi connectivity index (χ2v) is 12.0. The Morgan fingerprint density at radius 2 is 1.63 bits per heavy atom. The van der Waals surface area contributed by atoms with Gasteiger partial charge in [0.2, 0.25) is 5.91 Å². The van der Waals surface area contributed by atoms with Crippen molar-refractivity contribution in [3.05, 3.63) is 92.2 Å². The predicted octanol–water partition coefficient (Wildman–Crippen LogP) is 7.95. The Bertz CT molecular complexity index is 1620. The molecule has 3 aromatic carbocycles. The number of anilines is 2. The van der Waals surface area contributed by atoms with Crippen LogP contribution in [0, 0.1) is 23.4 Å². The Labute approximate surface area is 262 Å². The lowest BCUT2D eigenvalue weighted by molar-refractivity contribution is -0.320. The average Bonchev–Trinajstić information content (AvgIpc) is 3.50. The summed E-state index contributed by atoms with van der Waals surface area (Å²) in [7, 11) is 0. The smallest absolute Gasteiger partial charge is 0.326 e. The van der Waals surface area contributed by atoms with Gasteiger partial charge in [-0.3, -0.25) is 19.1 Å². The summed E-state index contributed by atoms with van der Waals surface area (Å²) in [5.74, 6) is -7.73. The van der Waals surface area contributed by atoms with Gasteiger partial charge in [0, 0.05) is 23.6 Å². The summed E-state index contributed by atoms with van der Waals surface area (Å²) in [6.45, 7) is -1.56. The molecular weight excluding hydrogens is 717 g/mol. The van der Waals surface area contributed by atoms with E-state index in [0.717, 1.165) is 6.07 Å². The molecule has 0 radical (unpaired) electrons. The highest BCUT2D eigenvalue weighted by molar-refractivity contribution is 9.10. The second-order valence-electron chi connectivity index (χ2n) is 9.27. The minimum Gasteiger partial charge on any atom is -0.326 e. The van der Waals surface area contributed by atoms with E-state index in [1.807, 2.05) is 0 Å². The molecule has 0 aliphatic heterocycles. The number of alkyl halides is 5. The third kappa shape index (κ3) is 7.63. The Hall–Kier alpha value is -2.84. The van der Waals surface area contributed by atoms with Crippen LogP contribution in [0.3, 0.4) is 0 Å². The molecule has 0 saturated heterocycles. The Morgan fingerprint density at radius 1 is 0.953 bits per heavy atom. The maximum atomic E-state index is 15.0. The molecule has 6 nitrogen and oxygen atoms in total. The molecule has 16 heteroatoms. The van der Waals surface area contributed by atoms with Crippen molar-refractivity contribution in [3.63, 3.8) is 0 Å². The van der Waals surface area contributed by atoms with Crippen molar-refractivity contribution >= 4 is 79.7 Å². The Kier molecular flexibility index (Phi) is 9.72. The summed E-state index contributed by atoms with van der Waals surface area (Å²) >= 11 is 21.9. The first kappa shape index (κ1) is 33.1. The molecule has 1 fully saturated rings. The average molecular weight is 733 g/mol. The summed E-state index contributed by atoms with van der Waals surface area (Å²) in [6.07, 6.45) is -5.85. The monoisotopic (exact) mass is 730 g/mol. The van der Waals surface area contributed by atoms with Crippen LogP contribution in [-0.4, -0.2) is 34.9 Å². The maximum absolute atomic E-state index is 15.0. The first-order valence-corrected chi connectivity index (χ1v) is 13.9. The molecule has 0 aromatic heterocycles. The quantitative estimate of drug-likeness (QED) is 0.133. The largest absolute Gasteiger partial charge is 0.523 e. The minimum atomic E-state index is -5.15. The lowest BCUT2D eigenvalue weighted by Gasteiger charge is -2.13. The van der Waals surface area contributed by atoms with E-state index in [1.54, 1.807) is 5.32 Å². The van der Waals surface area contributed by atoms with Crippen LogP contribution in [0.15, 0.2) is 53.0 Å². The van der Waals surface area contributed by atoms with Crippen molar-refractivity contribution < 1.29 is 45.5 Å². The topological polar surface area (TPSA) is 84.5 Å². The Balaban J connectivity index is 1.48. The fraction of sp³-hybridized carbons (Fsp3) is 0.222. The highest BCUT2D eigenvalue weighted by atomic mass is 79.9. The van der Waals surface area contributed by atoms with Crippen LogP contribution in [0.2, 0.25) is 5.02 Å². The molecule has 0 spiro atoms. The number of hydrogen-bond acceptors (Lipinski definition) is 4. The number of carbonyl (C=O) groups is 3. The molecule has 0 bridgehead atoms. The van der Waals surface area contributed by atoms with E-state index in [-0.39, 0.29) is 20.7 Å². The fourth-order valence-corrected chi connectivity index (χ4v) is 5.70. The number of benzene rings is 3. The zero-order chi connectivity index (χ0) is 31.9. The SMILES string of the molecule is O=C(COC(F)(F)F)Nc1c(F)ccc(CC(=O)c2cc(NC(=O)[C@H]3[C@H](c4ccc(F)c(Br)c4)C3(Cl)Cl)ccc2Cl)c1F. The maximum Gasteiger partial charge on any atom is 0.523 e. The number of halogens is 10. The first-order valence-electron chi connectivity index (χ1n) is 11.9. The lowest BCUT2D eigenvalue weighted by Crippen LogP contribution is -2.25. The van der Waals surface area contributed by atoms with Gasteiger partial charge >= 0.3 is 6.36 Å². The standard InChI is InChI=1S/C27H16BrCl3F6N2O4/c28-15-7-11(1-5-17(15)32)21-22(26(21,30)31)25(42)38-13-3-4-16(29)14(9-13)19(40)8-12-2-6-18(33)24(23(12)34)39-20(41)10-43-27(35,36)37/h1-7,9,21-22H,8,10H2,(H,38,42)(H,39,41)/t21-,22+/m0/s1. The van der Waals surface area contributed by atoms with Crippen LogP contribution >= 0.6 is 50.7 Å². The van der Waals surface area contributed by atoms with Gasteiger partial charge in [-0.25, -0.2) is 13.2 Å². The number of ether oxygens (including phenoxy) is 1. The molecule has 2 atom stereocenters. The molecule has 0 unspecified atom stereocenters. The summed E-state index contributed by atoms with van der Waals surface area (Å²) < 4.78 is 81.2. The number of rotatable bonds is 9. The van der Waals surface area contributed by atoms with Crippen molar-refractivity contribution in [1.82, 2.24) is 0 Å². The van der Waals surface area contributed by atoms with Crippen LogP contribution in [0.1, 0.15) is 27.4 Å². The van der Waals surface area contributed by atoms with Crippen molar-refractivity contribution in [3.8, 4) is 0 Å². The third-order valence-corrected chi connectivity index (χ3v) is 8.20. The molecule has 228 valence electrons. The van der Waals surface area contributed by atoms with E-state index in [9.17, 15) is 40.7 Å². The number of hydrogen-bond donors (Lipinski definition) is 2. The van der Waals surface area contributed by atoms with Crippen molar-refractivity contribution in [2.45, 2.75) is 23.0 Å². The number of Topliss-reactive ketones (excluding diaryl/α,β-unsaturated/α-hetero) is 1. The molecule has 43 heavy (non-hydrogen) atoms. The fourth-order valence-electron chi connectivity index (χ4n) is 4.25. The zero-order valence-electron chi connectivity index (χ0n) is 21.1. The summed E-state index contributed by atoms with van der Waals surface area (Å²) in [5.41, 5.74) is -1.04. The summed E-state index contributed by atoms with van der Waals surface area (Å²) in [5, 5.41) is 4.15. The van der Waals surface area contributed by atoms with E-state index < -0.39 is 81.9 Å².